The zero-order valence-corrected chi connectivity index (χ0v) is 17.2. The van der Waals surface area contributed by atoms with Crippen molar-refractivity contribution < 1.29 is 9.18 Å². The van der Waals surface area contributed by atoms with Crippen LogP contribution in [0.25, 0.3) is 0 Å². The summed E-state index contributed by atoms with van der Waals surface area (Å²) < 4.78 is 13.1. The van der Waals surface area contributed by atoms with Crippen LogP contribution in [-0.2, 0) is 10.2 Å². The predicted octanol–water partition coefficient (Wildman–Crippen LogP) is 4.42. The second kappa shape index (κ2) is 8.54. The molecule has 0 spiro atoms. The van der Waals surface area contributed by atoms with Gasteiger partial charge in [0, 0.05) is 37.6 Å². The van der Waals surface area contributed by atoms with Gasteiger partial charge in [-0.05, 0) is 61.7 Å². The van der Waals surface area contributed by atoms with Crippen molar-refractivity contribution in [1.29, 1.82) is 0 Å². The van der Waals surface area contributed by atoms with Crippen LogP contribution in [0.15, 0.2) is 48.5 Å². The molecule has 5 heteroatoms. The summed E-state index contributed by atoms with van der Waals surface area (Å²) in [6, 6.07) is 14.9. The number of piperazine rings is 1. The van der Waals surface area contributed by atoms with Crippen molar-refractivity contribution in [1.82, 2.24) is 4.90 Å². The molecular weight excluding hydrogens is 365 g/mol. The van der Waals surface area contributed by atoms with E-state index in [9.17, 15) is 9.18 Å². The van der Waals surface area contributed by atoms with E-state index in [1.165, 1.54) is 17.7 Å². The SMILES string of the molecule is CCC1(CCCCN2CCN(c3ccc(F)cc3)CC2)C(=O)Nc2ccccc21. The number of carbonyl (C=O) groups is 1. The maximum Gasteiger partial charge on any atom is 0.235 e. The molecule has 1 amide bonds. The van der Waals surface area contributed by atoms with Crippen LogP contribution in [0.5, 0.6) is 0 Å². The third-order valence-electron chi connectivity index (χ3n) is 6.62. The summed E-state index contributed by atoms with van der Waals surface area (Å²) in [4.78, 5) is 17.5. The highest BCUT2D eigenvalue weighted by Crippen LogP contribution is 2.43. The molecule has 2 aromatic carbocycles. The van der Waals surface area contributed by atoms with Crippen molar-refractivity contribution in [3.05, 3.63) is 59.9 Å². The van der Waals surface area contributed by atoms with E-state index in [0.717, 1.165) is 69.8 Å². The van der Waals surface area contributed by atoms with E-state index in [1.807, 2.05) is 30.3 Å². The lowest BCUT2D eigenvalue weighted by Crippen LogP contribution is -2.46. The number of unbranched alkanes of at least 4 members (excludes halogenated alkanes) is 1. The molecule has 2 aliphatic heterocycles. The van der Waals surface area contributed by atoms with Crippen LogP contribution in [0.4, 0.5) is 15.8 Å². The Bertz CT molecular complexity index is 845. The Morgan fingerprint density at radius 3 is 2.45 bits per heavy atom. The second-order valence-corrected chi connectivity index (χ2v) is 8.20. The van der Waals surface area contributed by atoms with Crippen molar-refractivity contribution in [2.24, 2.45) is 0 Å². The molecule has 1 saturated heterocycles. The number of nitrogens with one attached hydrogen (secondary N) is 1. The molecular formula is C24H30FN3O. The number of amides is 1. The topological polar surface area (TPSA) is 35.6 Å². The molecule has 2 heterocycles. The van der Waals surface area contributed by atoms with Crippen molar-refractivity contribution in [2.75, 3.05) is 42.9 Å². The van der Waals surface area contributed by atoms with Crippen LogP contribution in [0.1, 0.15) is 38.2 Å². The van der Waals surface area contributed by atoms with Crippen molar-refractivity contribution in [3.63, 3.8) is 0 Å². The van der Waals surface area contributed by atoms with E-state index in [2.05, 4.69) is 28.1 Å². The first-order valence-electron chi connectivity index (χ1n) is 10.8. The number of benzene rings is 2. The summed E-state index contributed by atoms with van der Waals surface area (Å²) in [5.74, 6) is -0.0232. The smallest absolute Gasteiger partial charge is 0.235 e. The van der Waals surface area contributed by atoms with Gasteiger partial charge >= 0.3 is 0 Å². The molecule has 1 atom stereocenters. The molecule has 2 aromatic rings. The molecule has 154 valence electrons. The van der Waals surface area contributed by atoms with Crippen LogP contribution < -0.4 is 10.2 Å². The molecule has 4 nitrogen and oxygen atoms in total. The fourth-order valence-electron chi connectivity index (χ4n) is 4.79. The van der Waals surface area contributed by atoms with Gasteiger partial charge < -0.3 is 10.2 Å². The number of halogens is 1. The summed E-state index contributed by atoms with van der Waals surface area (Å²) in [5.41, 5.74) is 2.89. The second-order valence-electron chi connectivity index (χ2n) is 8.20. The molecule has 0 aromatic heterocycles. The number of carbonyl (C=O) groups excluding carboxylic acids is 1. The normalized spacial score (nSPS) is 21.9. The van der Waals surface area contributed by atoms with Gasteiger partial charge in [0.25, 0.3) is 0 Å². The summed E-state index contributed by atoms with van der Waals surface area (Å²) >= 11 is 0. The number of hydrogen-bond donors (Lipinski definition) is 1. The third kappa shape index (κ3) is 4.01. The van der Waals surface area contributed by atoms with Gasteiger partial charge in [0.05, 0.1) is 5.41 Å². The summed E-state index contributed by atoms with van der Waals surface area (Å²) in [5, 5.41) is 3.08. The molecule has 0 saturated carbocycles. The Hall–Kier alpha value is -2.40. The van der Waals surface area contributed by atoms with Crippen molar-refractivity contribution in [3.8, 4) is 0 Å². The van der Waals surface area contributed by atoms with Gasteiger partial charge in [-0.1, -0.05) is 31.5 Å². The van der Waals surface area contributed by atoms with Gasteiger partial charge in [0.2, 0.25) is 5.91 Å². The molecule has 0 aliphatic carbocycles. The lowest BCUT2D eigenvalue weighted by Gasteiger charge is -2.36. The number of hydrogen-bond acceptors (Lipinski definition) is 3. The van der Waals surface area contributed by atoms with Crippen LogP contribution in [0.2, 0.25) is 0 Å². The quantitative estimate of drug-likeness (QED) is 0.705. The minimum absolute atomic E-state index is 0.161. The average Bonchev–Trinajstić information content (AvgIpc) is 3.04. The first kappa shape index (κ1) is 19.9. The van der Waals surface area contributed by atoms with Crippen LogP contribution >= 0.6 is 0 Å². The van der Waals surface area contributed by atoms with Gasteiger partial charge in [0.1, 0.15) is 5.82 Å². The lowest BCUT2D eigenvalue weighted by atomic mass is 9.75. The summed E-state index contributed by atoms with van der Waals surface area (Å²) in [7, 11) is 0. The Morgan fingerprint density at radius 1 is 1.00 bits per heavy atom. The van der Waals surface area contributed by atoms with E-state index in [1.54, 1.807) is 0 Å². The minimum atomic E-state index is -0.363. The fraction of sp³-hybridized carbons (Fsp3) is 0.458. The summed E-state index contributed by atoms with van der Waals surface area (Å²) in [6.45, 7) is 7.19. The molecule has 1 fully saturated rings. The summed E-state index contributed by atoms with van der Waals surface area (Å²) in [6.07, 6.45) is 3.90. The molecule has 29 heavy (non-hydrogen) atoms. The zero-order chi connectivity index (χ0) is 20.3. The van der Waals surface area contributed by atoms with Crippen LogP contribution in [-0.4, -0.2) is 43.5 Å². The van der Waals surface area contributed by atoms with E-state index in [4.69, 9.17) is 0 Å². The Balaban J connectivity index is 1.25. The lowest BCUT2D eigenvalue weighted by molar-refractivity contribution is -0.121. The zero-order valence-electron chi connectivity index (χ0n) is 17.2. The Morgan fingerprint density at radius 2 is 1.72 bits per heavy atom. The van der Waals surface area contributed by atoms with Crippen LogP contribution in [0.3, 0.4) is 0 Å². The number of fused-ring (bicyclic) bond motifs is 1. The fourth-order valence-corrected chi connectivity index (χ4v) is 4.79. The van der Waals surface area contributed by atoms with Crippen molar-refractivity contribution in [2.45, 2.75) is 38.0 Å². The van der Waals surface area contributed by atoms with Gasteiger partial charge in [0.15, 0.2) is 0 Å². The van der Waals surface area contributed by atoms with E-state index in [0.29, 0.717) is 0 Å². The average molecular weight is 396 g/mol. The highest BCUT2D eigenvalue weighted by atomic mass is 19.1. The van der Waals surface area contributed by atoms with E-state index >= 15 is 0 Å². The van der Waals surface area contributed by atoms with Gasteiger partial charge in [-0.25, -0.2) is 4.39 Å². The predicted molar refractivity (Wildman–Crippen MR) is 116 cm³/mol. The Labute approximate surface area is 172 Å². The highest BCUT2D eigenvalue weighted by molar-refractivity contribution is 6.06. The van der Waals surface area contributed by atoms with Crippen LogP contribution in [0, 0.1) is 5.82 Å². The molecule has 0 radical (unpaired) electrons. The third-order valence-corrected chi connectivity index (χ3v) is 6.62. The van der Waals surface area contributed by atoms with E-state index in [-0.39, 0.29) is 17.1 Å². The van der Waals surface area contributed by atoms with Crippen molar-refractivity contribution >= 4 is 17.3 Å². The molecule has 2 aliphatic rings. The first-order valence-corrected chi connectivity index (χ1v) is 10.8. The van der Waals surface area contributed by atoms with Gasteiger partial charge in [-0.2, -0.15) is 0 Å². The maximum atomic E-state index is 13.1. The largest absolute Gasteiger partial charge is 0.369 e. The monoisotopic (exact) mass is 395 g/mol. The molecule has 1 N–H and O–H groups in total. The number of para-hydroxylation sites is 1. The first-order chi connectivity index (χ1) is 14.1. The highest BCUT2D eigenvalue weighted by Gasteiger charge is 2.44. The maximum absolute atomic E-state index is 13.1. The number of rotatable bonds is 7. The molecule has 4 rings (SSSR count). The minimum Gasteiger partial charge on any atom is -0.369 e. The number of nitrogens with zero attached hydrogens (tertiary/aromatic N) is 2. The standard InChI is InChI=1S/C24H30FN3O/c1-2-24(21-7-3-4-8-22(21)26-23(24)29)13-5-6-14-27-15-17-28(18-16-27)20-11-9-19(25)10-12-20/h3-4,7-12H,2,5-6,13-18H2,1H3,(H,26,29). The van der Waals surface area contributed by atoms with Gasteiger partial charge in [-0.3, -0.25) is 9.69 Å². The number of anilines is 2. The van der Waals surface area contributed by atoms with E-state index < -0.39 is 0 Å². The molecule has 1 unspecified atom stereocenters. The van der Waals surface area contributed by atoms with Gasteiger partial charge in [-0.15, -0.1) is 0 Å². The Kier molecular flexibility index (Phi) is 5.86. The molecule has 0 bridgehead atoms.